The molecule has 0 N–H and O–H groups in total. The van der Waals surface area contributed by atoms with E-state index in [1.807, 2.05) is 59.1 Å². The van der Waals surface area contributed by atoms with Gasteiger partial charge < -0.3 is 42.6 Å². The Hall–Kier alpha value is -2.06. The van der Waals surface area contributed by atoms with Crippen LogP contribution < -0.4 is 4.74 Å². The third-order valence-electron chi connectivity index (χ3n) is 12.6. The molecule has 1 saturated heterocycles. The summed E-state index contributed by atoms with van der Waals surface area (Å²) in [4.78, 5) is 12.6. The molecule has 0 saturated carbocycles. The van der Waals surface area contributed by atoms with Crippen LogP contribution in [0.5, 0.6) is 5.75 Å². The highest BCUT2D eigenvalue weighted by atomic mass is 28.4. The standard InChI is InChI=1S/C48H88N2O9Si/c1-33(41(54-17)29-42(59-60(18,19)47(8,9)10)36(4)40(53-16)26-27-55-45(51)46(5,6)7)20-25-39(49-50(13)14)35(3)44(56-30-37-21-23-38(52-15)24-22-37)34(2)28-43-57-31-48(11,12)32-58-43/h21-24,33-36,40-44H,20,25-32H2,1-19H3/b49-39+/t33-,34+,35-,36-,40+,41+,42+,44+/m0/s1. The number of methoxy groups -OCH3 is 3. The highest BCUT2D eigenvalue weighted by molar-refractivity contribution is 6.74. The summed E-state index contributed by atoms with van der Waals surface area (Å²) in [6, 6.07) is 8.06. The largest absolute Gasteiger partial charge is 0.497 e. The predicted octanol–water partition coefficient (Wildman–Crippen LogP) is 10.4. The maximum Gasteiger partial charge on any atom is 0.311 e. The molecule has 2 rings (SSSR count). The molecule has 1 aliphatic heterocycles. The quantitative estimate of drug-likeness (QED) is 0.0408. The van der Waals surface area contributed by atoms with Gasteiger partial charge in [0.15, 0.2) is 14.6 Å². The van der Waals surface area contributed by atoms with Gasteiger partial charge in [-0.15, -0.1) is 0 Å². The Morgan fingerprint density at radius 3 is 1.97 bits per heavy atom. The second kappa shape index (κ2) is 24.1. The molecule has 0 bridgehead atoms. The SMILES string of the molecule is COc1ccc(CO[C@H]([C@H](C)CC2OCC(C)(C)CO2)[C@@H](C)/C(CC[C@H](C)[C@@H](C[C@@H](O[Si](C)(C)C(C)(C)C)[C@@H](C)[C@@H](CCOC(=O)C(C)(C)C)OC)OC)=N/N(C)C)cc1. The van der Waals surface area contributed by atoms with Crippen LogP contribution in [0.3, 0.4) is 0 Å². The van der Waals surface area contributed by atoms with E-state index in [-0.39, 0.29) is 70.8 Å². The summed E-state index contributed by atoms with van der Waals surface area (Å²) in [6.07, 6.45) is 2.91. The van der Waals surface area contributed by atoms with Crippen LogP contribution in [0.4, 0.5) is 0 Å². The maximum absolute atomic E-state index is 12.6. The van der Waals surface area contributed by atoms with Crippen LogP contribution in [-0.4, -0.2) is 111 Å². The van der Waals surface area contributed by atoms with Crippen molar-refractivity contribution in [1.82, 2.24) is 5.01 Å². The molecule has 12 heteroatoms. The van der Waals surface area contributed by atoms with E-state index in [4.69, 9.17) is 42.7 Å². The molecule has 1 heterocycles. The summed E-state index contributed by atoms with van der Waals surface area (Å²) in [6.45, 7) is 32.4. The first-order valence-corrected chi connectivity index (χ1v) is 25.3. The Morgan fingerprint density at radius 2 is 1.47 bits per heavy atom. The molecule has 0 unspecified atom stereocenters. The number of hydrogen-bond donors (Lipinski definition) is 0. The minimum Gasteiger partial charge on any atom is -0.497 e. The van der Waals surface area contributed by atoms with Gasteiger partial charge in [-0.1, -0.05) is 74.4 Å². The molecule has 8 atom stereocenters. The first-order chi connectivity index (χ1) is 27.7. The summed E-state index contributed by atoms with van der Waals surface area (Å²) < 4.78 is 50.0. The summed E-state index contributed by atoms with van der Waals surface area (Å²) in [5.74, 6) is 0.978. The number of nitrogens with zero attached hydrogens (tertiary/aromatic N) is 2. The number of ether oxygens (including phenoxy) is 7. The van der Waals surface area contributed by atoms with Crippen LogP contribution in [0.2, 0.25) is 18.1 Å². The normalized spacial score (nSPS) is 19.8. The molecule has 0 aromatic heterocycles. The highest BCUT2D eigenvalue weighted by Crippen LogP contribution is 2.40. The van der Waals surface area contributed by atoms with Gasteiger partial charge in [-0.05, 0) is 87.7 Å². The molecule has 1 aliphatic rings. The molecule has 1 aromatic carbocycles. The van der Waals surface area contributed by atoms with E-state index in [0.29, 0.717) is 39.3 Å². The van der Waals surface area contributed by atoms with E-state index in [0.717, 1.165) is 36.3 Å². The van der Waals surface area contributed by atoms with Gasteiger partial charge in [0, 0.05) is 64.1 Å². The summed E-state index contributed by atoms with van der Waals surface area (Å²) >= 11 is 0. The predicted molar refractivity (Wildman–Crippen MR) is 246 cm³/mol. The average molecular weight is 865 g/mol. The van der Waals surface area contributed by atoms with Crippen molar-refractivity contribution in [1.29, 1.82) is 0 Å². The molecule has 0 radical (unpaired) electrons. The second-order valence-electron chi connectivity index (χ2n) is 21.0. The van der Waals surface area contributed by atoms with Crippen LogP contribution in [0.25, 0.3) is 0 Å². The Kier molecular flexibility index (Phi) is 21.7. The summed E-state index contributed by atoms with van der Waals surface area (Å²) in [5, 5.41) is 7.04. The van der Waals surface area contributed by atoms with E-state index < -0.39 is 13.7 Å². The number of carbonyl (C=O) groups is 1. The zero-order valence-corrected chi connectivity index (χ0v) is 42.4. The smallest absolute Gasteiger partial charge is 0.311 e. The minimum atomic E-state index is -2.19. The molecule has 11 nitrogen and oxygen atoms in total. The molecular formula is C48H88N2O9Si. The van der Waals surface area contributed by atoms with Crippen molar-refractivity contribution in [3.63, 3.8) is 0 Å². The lowest BCUT2D eigenvalue weighted by atomic mass is 9.83. The van der Waals surface area contributed by atoms with E-state index >= 15 is 0 Å². The second-order valence-corrected chi connectivity index (χ2v) is 25.8. The monoisotopic (exact) mass is 865 g/mol. The fraction of sp³-hybridized carbons (Fsp3) is 0.833. The van der Waals surface area contributed by atoms with Crippen molar-refractivity contribution >= 4 is 20.0 Å². The van der Waals surface area contributed by atoms with Gasteiger partial charge in [-0.2, -0.15) is 5.10 Å². The number of esters is 1. The number of hydrogen-bond acceptors (Lipinski definition) is 11. The Balaban J connectivity index is 2.34. The van der Waals surface area contributed by atoms with Gasteiger partial charge in [0.25, 0.3) is 0 Å². The van der Waals surface area contributed by atoms with Crippen molar-refractivity contribution in [3.05, 3.63) is 29.8 Å². The van der Waals surface area contributed by atoms with E-state index in [1.54, 1.807) is 14.2 Å². The number of benzene rings is 1. The van der Waals surface area contributed by atoms with Gasteiger partial charge in [-0.25, -0.2) is 0 Å². The molecule has 0 aliphatic carbocycles. The third-order valence-corrected chi connectivity index (χ3v) is 17.1. The Morgan fingerprint density at radius 1 is 0.883 bits per heavy atom. The lowest BCUT2D eigenvalue weighted by Gasteiger charge is -2.43. The van der Waals surface area contributed by atoms with Crippen molar-refractivity contribution in [2.75, 3.05) is 55.2 Å². The number of carbonyl (C=O) groups excluding carboxylic acids is 1. The van der Waals surface area contributed by atoms with Crippen LogP contribution in [0.1, 0.15) is 121 Å². The van der Waals surface area contributed by atoms with Crippen molar-refractivity contribution in [2.24, 2.45) is 39.6 Å². The first kappa shape index (κ1) is 54.1. The average Bonchev–Trinajstić information content (AvgIpc) is 3.16. The fourth-order valence-electron chi connectivity index (χ4n) is 7.43. The third kappa shape index (κ3) is 17.6. The van der Waals surface area contributed by atoms with Crippen LogP contribution in [0.15, 0.2) is 29.4 Å². The fourth-order valence-corrected chi connectivity index (χ4v) is 8.85. The van der Waals surface area contributed by atoms with Crippen LogP contribution in [0, 0.1) is 34.5 Å². The lowest BCUT2D eigenvalue weighted by molar-refractivity contribution is -0.231. The van der Waals surface area contributed by atoms with Crippen molar-refractivity contribution in [3.8, 4) is 5.75 Å². The maximum atomic E-state index is 12.6. The van der Waals surface area contributed by atoms with E-state index in [1.165, 1.54) is 0 Å². The summed E-state index contributed by atoms with van der Waals surface area (Å²) in [7, 11) is 7.01. The lowest BCUT2D eigenvalue weighted by Crippen LogP contribution is -2.49. The van der Waals surface area contributed by atoms with Crippen molar-refractivity contribution < 1.29 is 42.4 Å². The Bertz CT molecular complexity index is 1410. The molecule has 0 amide bonds. The zero-order chi connectivity index (χ0) is 45.6. The van der Waals surface area contributed by atoms with Gasteiger partial charge >= 0.3 is 5.97 Å². The van der Waals surface area contributed by atoms with E-state index in [2.05, 4.69) is 87.5 Å². The molecule has 0 spiro atoms. The van der Waals surface area contributed by atoms with Crippen LogP contribution >= 0.6 is 0 Å². The molecule has 1 fully saturated rings. The Labute approximate surface area is 367 Å². The molecular weight excluding hydrogens is 777 g/mol. The number of hydrazone groups is 1. The molecule has 1 aromatic rings. The van der Waals surface area contributed by atoms with Crippen LogP contribution in [-0.2, 0) is 44.2 Å². The van der Waals surface area contributed by atoms with Crippen molar-refractivity contribution in [2.45, 2.75) is 171 Å². The van der Waals surface area contributed by atoms with Gasteiger partial charge in [0.2, 0.25) is 0 Å². The minimum absolute atomic E-state index is 0.00249. The first-order valence-electron chi connectivity index (χ1n) is 22.4. The summed E-state index contributed by atoms with van der Waals surface area (Å²) in [5.41, 5.74) is 1.62. The van der Waals surface area contributed by atoms with Gasteiger partial charge in [0.1, 0.15) is 5.75 Å². The van der Waals surface area contributed by atoms with Gasteiger partial charge in [0.05, 0.1) is 63.4 Å². The number of rotatable bonds is 25. The molecule has 60 heavy (non-hydrogen) atoms. The topological polar surface area (TPSA) is 107 Å². The van der Waals surface area contributed by atoms with E-state index in [9.17, 15) is 4.79 Å². The van der Waals surface area contributed by atoms with Gasteiger partial charge in [-0.3, -0.25) is 4.79 Å². The molecule has 348 valence electrons. The highest BCUT2D eigenvalue weighted by Gasteiger charge is 2.43. The zero-order valence-electron chi connectivity index (χ0n) is 41.4.